The van der Waals surface area contributed by atoms with E-state index < -0.39 is 0 Å². The van der Waals surface area contributed by atoms with E-state index in [2.05, 4.69) is 119 Å². The van der Waals surface area contributed by atoms with Gasteiger partial charge in [-0.2, -0.15) is 0 Å². The Morgan fingerprint density at radius 1 is 0.833 bits per heavy atom. The Bertz CT molecular complexity index is 916. The summed E-state index contributed by atoms with van der Waals surface area (Å²) in [5, 5.41) is 0. The Labute approximate surface area is 223 Å². The lowest BCUT2D eigenvalue weighted by Gasteiger charge is -2.21. The molecule has 3 heteroatoms. The molecule has 2 aromatic carbocycles. The second kappa shape index (κ2) is 16.5. The second-order valence-electron chi connectivity index (χ2n) is 11.5. The summed E-state index contributed by atoms with van der Waals surface area (Å²) in [6.07, 6.45) is 13.6. The van der Waals surface area contributed by atoms with Crippen LogP contribution in [0, 0.1) is 17.8 Å². The van der Waals surface area contributed by atoms with Gasteiger partial charge in [-0.05, 0) is 49.0 Å². The van der Waals surface area contributed by atoms with Crippen LogP contribution in [0.15, 0.2) is 73.3 Å². The first kappa shape index (κ1) is 29.9. The molecule has 0 aliphatic carbocycles. The summed E-state index contributed by atoms with van der Waals surface area (Å²) in [6.45, 7) is 17.8. The Hall–Kier alpha value is -2.29. The van der Waals surface area contributed by atoms with Crippen LogP contribution in [0.5, 0.6) is 0 Å². The SMILES string of the molecule is CCC(CC(C)CC(C)C)Cn1ccnc1.CCCCc1ccc(B(c2ccccc2)C(C)C)cc1. The van der Waals surface area contributed by atoms with Crippen molar-refractivity contribution in [2.24, 2.45) is 17.8 Å². The van der Waals surface area contributed by atoms with Crippen LogP contribution < -0.4 is 10.9 Å². The highest BCUT2D eigenvalue weighted by molar-refractivity contribution is 6.86. The third-order valence-corrected chi connectivity index (χ3v) is 7.20. The van der Waals surface area contributed by atoms with Crippen molar-refractivity contribution in [3.63, 3.8) is 0 Å². The number of benzene rings is 2. The predicted molar refractivity (Wildman–Crippen MR) is 161 cm³/mol. The second-order valence-corrected chi connectivity index (χ2v) is 11.5. The highest BCUT2D eigenvalue weighted by atomic mass is 15.0. The molecule has 0 N–H and O–H groups in total. The fourth-order valence-electron chi connectivity index (χ4n) is 5.43. The van der Waals surface area contributed by atoms with Gasteiger partial charge in [-0.1, -0.05) is 133 Å². The number of imidazole rings is 1. The lowest BCUT2D eigenvalue weighted by molar-refractivity contribution is 0.307. The highest BCUT2D eigenvalue weighted by Gasteiger charge is 2.22. The van der Waals surface area contributed by atoms with E-state index in [9.17, 15) is 0 Å². The molecule has 0 saturated carbocycles. The molecule has 2 nitrogen and oxygen atoms in total. The summed E-state index contributed by atoms with van der Waals surface area (Å²) >= 11 is 0. The van der Waals surface area contributed by atoms with Gasteiger partial charge >= 0.3 is 0 Å². The van der Waals surface area contributed by atoms with Crippen molar-refractivity contribution in [3.8, 4) is 0 Å². The van der Waals surface area contributed by atoms with Gasteiger partial charge in [-0.15, -0.1) is 0 Å². The molecule has 196 valence electrons. The van der Waals surface area contributed by atoms with Crippen molar-refractivity contribution in [1.29, 1.82) is 0 Å². The van der Waals surface area contributed by atoms with Crippen LogP contribution in [-0.2, 0) is 13.0 Å². The highest BCUT2D eigenvalue weighted by Crippen LogP contribution is 2.22. The number of unbranched alkanes of at least 4 members (excludes halogenated alkanes) is 1. The molecule has 3 aromatic rings. The van der Waals surface area contributed by atoms with E-state index in [4.69, 9.17) is 0 Å². The van der Waals surface area contributed by atoms with Crippen LogP contribution in [0.3, 0.4) is 0 Å². The molecule has 1 aromatic heterocycles. The van der Waals surface area contributed by atoms with Gasteiger partial charge in [0.15, 0.2) is 0 Å². The molecule has 2 unspecified atom stereocenters. The van der Waals surface area contributed by atoms with Crippen molar-refractivity contribution in [2.75, 3.05) is 0 Å². The van der Waals surface area contributed by atoms with Gasteiger partial charge in [-0.25, -0.2) is 4.98 Å². The Morgan fingerprint density at radius 3 is 2.03 bits per heavy atom. The first-order valence-corrected chi connectivity index (χ1v) is 14.4. The van der Waals surface area contributed by atoms with Gasteiger partial charge in [0, 0.05) is 18.9 Å². The lowest BCUT2D eigenvalue weighted by atomic mass is 9.34. The zero-order valence-corrected chi connectivity index (χ0v) is 24.2. The topological polar surface area (TPSA) is 17.8 Å². The Balaban J connectivity index is 0.000000261. The van der Waals surface area contributed by atoms with E-state index in [0.717, 1.165) is 24.3 Å². The van der Waals surface area contributed by atoms with Crippen LogP contribution in [0.1, 0.15) is 86.1 Å². The van der Waals surface area contributed by atoms with Crippen molar-refractivity contribution in [1.82, 2.24) is 9.55 Å². The number of rotatable bonds is 13. The first-order valence-electron chi connectivity index (χ1n) is 14.4. The van der Waals surface area contributed by atoms with E-state index in [1.807, 2.05) is 12.5 Å². The van der Waals surface area contributed by atoms with Gasteiger partial charge in [0.05, 0.1) is 6.33 Å². The molecule has 36 heavy (non-hydrogen) atoms. The van der Waals surface area contributed by atoms with Crippen LogP contribution in [0.25, 0.3) is 0 Å². The summed E-state index contributed by atoms with van der Waals surface area (Å²) in [6, 6.07) is 20.1. The molecule has 0 saturated heterocycles. The summed E-state index contributed by atoms with van der Waals surface area (Å²) in [7, 11) is 0. The number of aromatic nitrogens is 2. The fraction of sp³-hybridized carbons (Fsp3) is 0.545. The molecule has 0 spiro atoms. The smallest absolute Gasteiger partial charge is 0.211 e. The monoisotopic (exact) mass is 486 g/mol. The summed E-state index contributed by atoms with van der Waals surface area (Å²) in [4.78, 5) is 4.10. The number of hydrogen-bond acceptors (Lipinski definition) is 1. The van der Waals surface area contributed by atoms with Gasteiger partial charge < -0.3 is 4.57 Å². The summed E-state index contributed by atoms with van der Waals surface area (Å²) < 4.78 is 2.20. The van der Waals surface area contributed by atoms with Gasteiger partial charge in [0.2, 0.25) is 6.71 Å². The molecule has 0 fully saturated rings. The molecule has 0 aliphatic heterocycles. The van der Waals surface area contributed by atoms with E-state index in [1.54, 1.807) is 0 Å². The normalized spacial score (nSPS) is 12.8. The lowest BCUT2D eigenvalue weighted by Crippen LogP contribution is -2.44. The average Bonchev–Trinajstić information content (AvgIpc) is 3.37. The molecular weight excluding hydrogens is 435 g/mol. The largest absolute Gasteiger partial charge is 0.337 e. The quantitative estimate of drug-likeness (QED) is 0.224. The first-order chi connectivity index (χ1) is 17.3. The molecule has 0 amide bonds. The summed E-state index contributed by atoms with van der Waals surface area (Å²) in [5.41, 5.74) is 4.32. The van der Waals surface area contributed by atoms with Crippen molar-refractivity contribution < 1.29 is 0 Å². The van der Waals surface area contributed by atoms with E-state index in [-0.39, 0.29) is 0 Å². The Kier molecular flexibility index (Phi) is 13.7. The zero-order valence-electron chi connectivity index (χ0n) is 24.2. The summed E-state index contributed by atoms with van der Waals surface area (Å²) in [5.74, 6) is 3.07. The minimum atomic E-state index is 0.497. The average molecular weight is 487 g/mol. The number of nitrogens with zero attached hydrogens (tertiary/aromatic N) is 2. The molecular formula is C33H51BN2. The van der Waals surface area contributed by atoms with Crippen LogP contribution in [0.2, 0.25) is 5.82 Å². The maximum absolute atomic E-state index is 4.10. The Morgan fingerprint density at radius 2 is 1.50 bits per heavy atom. The van der Waals surface area contributed by atoms with Crippen molar-refractivity contribution in [3.05, 3.63) is 78.9 Å². The van der Waals surface area contributed by atoms with E-state index in [0.29, 0.717) is 12.5 Å². The van der Waals surface area contributed by atoms with E-state index in [1.165, 1.54) is 55.0 Å². The van der Waals surface area contributed by atoms with Gasteiger partial charge in [-0.3, -0.25) is 0 Å². The third-order valence-electron chi connectivity index (χ3n) is 7.20. The molecule has 0 radical (unpaired) electrons. The zero-order chi connectivity index (χ0) is 26.3. The molecule has 0 aliphatic rings. The fourth-order valence-corrected chi connectivity index (χ4v) is 5.43. The molecule has 2 atom stereocenters. The van der Waals surface area contributed by atoms with Crippen LogP contribution in [0.4, 0.5) is 0 Å². The predicted octanol–water partition coefficient (Wildman–Crippen LogP) is 8.03. The minimum Gasteiger partial charge on any atom is -0.337 e. The number of aryl methyl sites for hydroxylation is 1. The van der Waals surface area contributed by atoms with E-state index >= 15 is 0 Å². The van der Waals surface area contributed by atoms with Crippen molar-refractivity contribution >= 4 is 17.6 Å². The van der Waals surface area contributed by atoms with Crippen molar-refractivity contribution in [2.45, 2.75) is 99.4 Å². The van der Waals surface area contributed by atoms with Crippen LogP contribution >= 0.6 is 0 Å². The maximum Gasteiger partial charge on any atom is 0.211 e. The molecule has 3 rings (SSSR count). The van der Waals surface area contributed by atoms with Crippen LogP contribution in [-0.4, -0.2) is 16.3 Å². The maximum atomic E-state index is 4.10. The third kappa shape index (κ3) is 10.8. The number of hydrogen-bond donors (Lipinski definition) is 0. The molecule has 1 heterocycles. The van der Waals surface area contributed by atoms with Gasteiger partial charge in [0.1, 0.15) is 0 Å². The standard InChI is InChI=1S/C19H25B.C14H26N2/c1-4-5-9-17-12-14-19(15-13-17)20(16(2)3)18-10-7-6-8-11-18;1-5-14(9-13(4)8-12(2)3)10-16-7-6-15-11-16/h6-8,10-16H,4-5,9H2,1-3H3;6-7,11-14H,5,8-10H2,1-4H3. The van der Waals surface area contributed by atoms with Gasteiger partial charge in [0.25, 0.3) is 0 Å². The minimum absolute atomic E-state index is 0.497. The molecule has 0 bridgehead atoms.